The van der Waals surface area contributed by atoms with Crippen molar-refractivity contribution in [3.8, 4) is 11.4 Å². The van der Waals surface area contributed by atoms with Gasteiger partial charge in [0.25, 0.3) is 0 Å². The number of aryl methyl sites for hydroxylation is 1. The minimum atomic E-state index is 0.537. The fourth-order valence-corrected chi connectivity index (χ4v) is 1.90. The zero-order valence-electron chi connectivity index (χ0n) is 9.49. The fraction of sp³-hybridized carbons (Fsp3) is 0.167. The lowest BCUT2D eigenvalue weighted by Crippen LogP contribution is -1.95. The average Bonchev–Trinajstić information content (AvgIpc) is 2.93. The summed E-state index contributed by atoms with van der Waals surface area (Å²) in [6.07, 6.45) is 1.77. The Morgan fingerprint density at radius 2 is 2.24 bits per heavy atom. The van der Waals surface area contributed by atoms with E-state index >= 15 is 0 Å². The van der Waals surface area contributed by atoms with Gasteiger partial charge in [0, 0.05) is 12.2 Å². The summed E-state index contributed by atoms with van der Waals surface area (Å²) in [5.41, 5.74) is 10.7. The molecule has 0 atom stereocenters. The van der Waals surface area contributed by atoms with Crippen LogP contribution in [0.5, 0.6) is 0 Å². The van der Waals surface area contributed by atoms with Crippen molar-refractivity contribution in [3.05, 3.63) is 35.7 Å². The number of benzene rings is 1. The monoisotopic (exact) mass is 227 g/mol. The third kappa shape index (κ3) is 1.60. The number of aromatic amines is 2. The lowest BCUT2D eigenvalue weighted by molar-refractivity contribution is 1.05. The molecule has 0 fully saturated rings. The topological polar surface area (TPSA) is 83.4 Å². The van der Waals surface area contributed by atoms with Gasteiger partial charge in [0.05, 0.1) is 22.8 Å². The molecule has 2 heterocycles. The zero-order chi connectivity index (χ0) is 11.8. The van der Waals surface area contributed by atoms with Crippen molar-refractivity contribution < 1.29 is 0 Å². The van der Waals surface area contributed by atoms with E-state index in [0.717, 1.165) is 33.7 Å². The zero-order valence-corrected chi connectivity index (χ0v) is 9.49. The van der Waals surface area contributed by atoms with Crippen LogP contribution in [-0.2, 0) is 6.54 Å². The first-order valence-corrected chi connectivity index (χ1v) is 5.47. The summed E-state index contributed by atoms with van der Waals surface area (Å²) in [7, 11) is 0. The molecule has 0 bridgehead atoms. The Hall–Kier alpha value is -2.14. The Bertz CT molecular complexity index is 664. The molecule has 0 saturated carbocycles. The molecule has 0 saturated heterocycles. The highest BCUT2D eigenvalue weighted by Crippen LogP contribution is 2.22. The average molecular weight is 227 g/mol. The van der Waals surface area contributed by atoms with Gasteiger partial charge in [-0.2, -0.15) is 5.10 Å². The largest absolute Gasteiger partial charge is 0.338 e. The SMILES string of the molecule is Cc1[nH]ncc1-c1nc2ccc(CN)cc2[nH]1. The van der Waals surface area contributed by atoms with Crippen LogP contribution < -0.4 is 5.73 Å². The second-order valence-corrected chi connectivity index (χ2v) is 4.05. The smallest absolute Gasteiger partial charge is 0.141 e. The van der Waals surface area contributed by atoms with Crippen LogP contribution in [0.3, 0.4) is 0 Å². The molecule has 0 aliphatic carbocycles. The molecule has 0 radical (unpaired) electrons. The Balaban J connectivity index is 2.17. The van der Waals surface area contributed by atoms with E-state index in [9.17, 15) is 0 Å². The molecular weight excluding hydrogens is 214 g/mol. The summed E-state index contributed by atoms with van der Waals surface area (Å²) in [4.78, 5) is 7.82. The minimum Gasteiger partial charge on any atom is -0.338 e. The first-order valence-electron chi connectivity index (χ1n) is 5.47. The Kier molecular flexibility index (Phi) is 2.19. The predicted octanol–water partition coefficient (Wildman–Crippen LogP) is 1.72. The van der Waals surface area contributed by atoms with Crippen LogP contribution in [0.2, 0.25) is 0 Å². The van der Waals surface area contributed by atoms with Crippen LogP contribution in [0.4, 0.5) is 0 Å². The van der Waals surface area contributed by atoms with Crippen LogP contribution >= 0.6 is 0 Å². The number of nitrogens with one attached hydrogen (secondary N) is 2. The van der Waals surface area contributed by atoms with Gasteiger partial charge < -0.3 is 10.7 Å². The number of nitrogens with two attached hydrogens (primary N) is 1. The molecule has 17 heavy (non-hydrogen) atoms. The lowest BCUT2D eigenvalue weighted by Gasteiger charge is -1.94. The van der Waals surface area contributed by atoms with E-state index in [-0.39, 0.29) is 0 Å². The number of nitrogens with zero attached hydrogens (tertiary/aromatic N) is 2. The van der Waals surface area contributed by atoms with Gasteiger partial charge in [-0.3, -0.25) is 5.10 Å². The molecule has 86 valence electrons. The minimum absolute atomic E-state index is 0.537. The Morgan fingerprint density at radius 1 is 1.35 bits per heavy atom. The molecule has 2 aromatic heterocycles. The van der Waals surface area contributed by atoms with Crippen LogP contribution in [0, 0.1) is 6.92 Å². The molecule has 5 nitrogen and oxygen atoms in total. The molecule has 1 aromatic carbocycles. The molecule has 0 unspecified atom stereocenters. The highest BCUT2D eigenvalue weighted by atomic mass is 15.1. The Labute approximate surface area is 98.1 Å². The normalized spacial score (nSPS) is 11.2. The second-order valence-electron chi connectivity index (χ2n) is 4.05. The lowest BCUT2D eigenvalue weighted by atomic mass is 10.2. The van der Waals surface area contributed by atoms with Gasteiger partial charge in [-0.15, -0.1) is 0 Å². The number of hydrogen-bond donors (Lipinski definition) is 3. The maximum Gasteiger partial charge on any atom is 0.141 e. The third-order valence-electron chi connectivity index (χ3n) is 2.87. The number of rotatable bonds is 2. The van der Waals surface area contributed by atoms with Crippen molar-refractivity contribution in [1.29, 1.82) is 0 Å². The van der Waals surface area contributed by atoms with Crippen molar-refractivity contribution in [3.63, 3.8) is 0 Å². The van der Waals surface area contributed by atoms with Crippen molar-refractivity contribution in [2.45, 2.75) is 13.5 Å². The van der Waals surface area contributed by atoms with Gasteiger partial charge >= 0.3 is 0 Å². The number of aromatic nitrogens is 4. The molecule has 0 amide bonds. The van der Waals surface area contributed by atoms with E-state index in [1.807, 2.05) is 25.1 Å². The Morgan fingerprint density at radius 3 is 2.94 bits per heavy atom. The van der Waals surface area contributed by atoms with Crippen molar-refractivity contribution in [2.24, 2.45) is 5.73 Å². The van der Waals surface area contributed by atoms with Crippen molar-refractivity contribution in [1.82, 2.24) is 20.2 Å². The number of fused-ring (bicyclic) bond motifs is 1. The fourth-order valence-electron chi connectivity index (χ4n) is 1.90. The summed E-state index contributed by atoms with van der Waals surface area (Å²) in [5, 5.41) is 6.90. The molecule has 0 aliphatic heterocycles. The predicted molar refractivity (Wildman–Crippen MR) is 66.3 cm³/mol. The molecule has 3 aromatic rings. The number of H-pyrrole nitrogens is 2. The highest BCUT2D eigenvalue weighted by Gasteiger charge is 2.09. The van der Waals surface area contributed by atoms with Gasteiger partial charge in [0.2, 0.25) is 0 Å². The molecule has 0 aliphatic rings. The summed E-state index contributed by atoms with van der Waals surface area (Å²) in [5.74, 6) is 0.834. The first kappa shape index (κ1) is 10.0. The quantitative estimate of drug-likeness (QED) is 0.623. The highest BCUT2D eigenvalue weighted by molar-refractivity contribution is 5.80. The van der Waals surface area contributed by atoms with Gasteiger partial charge in [-0.05, 0) is 24.6 Å². The molecule has 4 N–H and O–H groups in total. The summed E-state index contributed by atoms with van der Waals surface area (Å²) in [6.45, 7) is 2.51. The maximum absolute atomic E-state index is 5.62. The van der Waals surface area contributed by atoms with Crippen LogP contribution in [0.15, 0.2) is 24.4 Å². The number of hydrogen-bond acceptors (Lipinski definition) is 3. The van der Waals surface area contributed by atoms with Gasteiger partial charge in [0.1, 0.15) is 5.82 Å². The van der Waals surface area contributed by atoms with E-state index in [2.05, 4.69) is 20.2 Å². The first-order chi connectivity index (χ1) is 8.28. The van der Waals surface area contributed by atoms with E-state index < -0.39 is 0 Å². The summed E-state index contributed by atoms with van der Waals surface area (Å²) >= 11 is 0. The maximum atomic E-state index is 5.62. The van der Waals surface area contributed by atoms with E-state index in [1.54, 1.807) is 6.20 Å². The summed E-state index contributed by atoms with van der Waals surface area (Å²) in [6, 6.07) is 6.00. The van der Waals surface area contributed by atoms with Crippen LogP contribution in [0.25, 0.3) is 22.4 Å². The van der Waals surface area contributed by atoms with E-state index in [0.29, 0.717) is 6.54 Å². The van der Waals surface area contributed by atoms with E-state index in [1.165, 1.54) is 0 Å². The van der Waals surface area contributed by atoms with Crippen molar-refractivity contribution >= 4 is 11.0 Å². The number of imidazole rings is 1. The second kappa shape index (κ2) is 3.71. The van der Waals surface area contributed by atoms with Crippen molar-refractivity contribution in [2.75, 3.05) is 0 Å². The summed E-state index contributed by atoms with van der Waals surface area (Å²) < 4.78 is 0. The standard InChI is InChI=1S/C12H13N5/c1-7-9(6-14-17-7)12-15-10-3-2-8(5-13)4-11(10)16-12/h2-4,6H,5,13H2,1H3,(H,14,17)(H,15,16). The molecule has 3 rings (SSSR count). The van der Waals surface area contributed by atoms with Gasteiger partial charge in [-0.25, -0.2) is 4.98 Å². The van der Waals surface area contributed by atoms with Gasteiger partial charge in [0.15, 0.2) is 0 Å². The third-order valence-corrected chi connectivity index (χ3v) is 2.87. The molecule has 0 spiro atoms. The molecule has 5 heteroatoms. The van der Waals surface area contributed by atoms with Gasteiger partial charge in [-0.1, -0.05) is 6.07 Å². The van der Waals surface area contributed by atoms with Crippen LogP contribution in [0.1, 0.15) is 11.3 Å². The molecular formula is C12H13N5. The van der Waals surface area contributed by atoms with E-state index in [4.69, 9.17) is 5.73 Å². The van der Waals surface area contributed by atoms with Crippen LogP contribution in [-0.4, -0.2) is 20.2 Å².